The van der Waals surface area contributed by atoms with Gasteiger partial charge in [-0.1, -0.05) is 69.7 Å². The molecule has 0 aliphatic carbocycles. The highest BCUT2D eigenvalue weighted by Crippen LogP contribution is 2.30. The van der Waals surface area contributed by atoms with Crippen LogP contribution in [0.1, 0.15) is 38.8 Å². The van der Waals surface area contributed by atoms with Crippen molar-refractivity contribution in [3.63, 3.8) is 0 Å². The van der Waals surface area contributed by atoms with Crippen molar-refractivity contribution in [2.24, 2.45) is 5.92 Å². The summed E-state index contributed by atoms with van der Waals surface area (Å²) in [4.78, 5) is 0. The normalized spacial score (nSPS) is 14.6. The van der Waals surface area contributed by atoms with Crippen molar-refractivity contribution in [1.82, 2.24) is 5.32 Å². The Morgan fingerprint density at radius 2 is 1.72 bits per heavy atom. The van der Waals surface area contributed by atoms with Crippen LogP contribution in [0.15, 0.2) is 42.5 Å². The first kappa shape index (κ1) is 13.1. The second kappa shape index (κ2) is 6.01. The summed E-state index contributed by atoms with van der Waals surface area (Å²) in [5, 5.41) is 6.36. The molecule has 0 saturated carbocycles. The molecular weight excluding hydrogens is 218 g/mol. The highest BCUT2D eigenvalue weighted by Gasteiger charge is 2.18. The molecule has 0 bridgehead atoms. The fourth-order valence-electron chi connectivity index (χ4n) is 2.59. The van der Waals surface area contributed by atoms with Gasteiger partial charge in [-0.2, -0.15) is 0 Å². The molecule has 2 aromatic carbocycles. The summed E-state index contributed by atoms with van der Waals surface area (Å²) in [6, 6.07) is 15.7. The summed E-state index contributed by atoms with van der Waals surface area (Å²) in [5.41, 5.74) is 1.43. The summed E-state index contributed by atoms with van der Waals surface area (Å²) in [6.45, 7) is 7.79. The number of nitrogens with one attached hydrogen (secondary N) is 1. The van der Waals surface area contributed by atoms with Gasteiger partial charge >= 0.3 is 0 Å². The lowest BCUT2D eigenvalue weighted by atomic mass is 9.89. The Morgan fingerprint density at radius 1 is 1.00 bits per heavy atom. The van der Waals surface area contributed by atoms with E-state index in [-0.39, 0.29) is 0 Å². The fourth-order valence-corrected chi connectivity index (χ4v) is 2.59. The molecule has 0 heterocycles. The zero-order chi connectivity index (χ0) is 13.0. The monoisotopic (exact) mass is 241 g/mol. The molecule has 96 valence electrons. The second-order valence-corrected chi connectivity index (χ2v) is 4.99. The standard InChI is InChI=1S/C17H23N/c1-4-13(3)17(18-5-2)16-12-8-10-14-9-6-7-11-15(14)16/h6-13,17-18H,4-5H2,1-3H3. The number of hydrogen-bond donors (Lipinski definition) is 1. The third-order valence-corrected chi connectivity index (χ3v) is 3.80. The van der Waals surface area contributed by atoms with Crippen molar-refractivity contribution in [3.8, 4) is 0 Å². The zero-order valence-corrected chi connectivity index (χ0v) is 11.6. The molecule has 0 aliphatic heterocycles. The smallest absolute Gasteiger partial charge is 0.0351 e. The van der Waals surface area contributed by atoms with E-state index in [2.05, 4.69) is 68.6 Å². The molecule has 0 aliphatic rings. The first-order valence-electron chi connectivity index (χ1n) is 6.99. The minimum Gasteiger partial charge on any atom is -0.310 e. The van der Waals surface area contributed by atoms with Crippen LogP contribution in [-0.4, -0.2) is 6.54 Å². The molecule has 2 aromatic rings. The Morgan fingerprint density at radius 3 is 2.44 bits per heavy atom. The van der Waals surface area contributed by atoms with Crippen LogP contribution in [0.3, 0.4) is 0 Å². The van der Waals surface area contributed by atoms with Crippen molar-refractivity contribution >= 4 is 10.8 Å². The van der Waals surface area contributed by atoms with E-state index >= 15 is 0 Å². The Balaban J connectivity index is 2.49. The molecule has 0 aromatic heterocycles. The molecule has 0 saturated heterocycles. The lowest BCUT2D eigenvalue weighted by Crippen LogP contribution is -2.26. The van der Waals surface area contributed by atoms with Crippen LogP contribution in [0.4, 0.5) is 0 Å². The summed E-state index contributed by atoms with van der Waals surface area (Å²) < 4.78 is 0. The first-order chi connectivity index (χ1) is 8.77. The Labute approximate surface area is 110 Å². The van der Waals surface area contributed by atoms with Crippen LogP contribution in [0, 0.1) is 5.92 Å². The van der Waals surface area contributed by atoms with Gasteiger partial charge in [-0.25, -0.2) is 0 Å². The van der Waals surface area contributed by atoms with Gasteiger partial charge in [-0.3, -0.25) is 0 Å². The van der Waals surface area contributed by atoms with Crippen LogP contribution in [-0.2, 0) is 0 Å². The van der Waals surface area contributed by atoms with Crippen molar-refractivity contribution < 1.29 is 0 Å². The average Bonchev–Trinajstić information content (AvgIpc) is 2.43. The molecule has 0 amide bonds. The van der Waals surface area contributed by atoms with Gasteiger partial charge in [0.25, 0.3) is 0 Å². The van der Waals surface area contributed by atoms with Gasteiger partial charge in [0.1, 0.15) is 0 Å². The highest BCUT2D eigenvalue weighted by molar-refractivity contribution is 5.86. The van der Waals surface area contributed by atoms with Crippen molar-refractivity contribution in [1.29, 1.82) is 0 Å². The van der Waals surface area contributed by atoms with Gasteiger partial charge in [0.2, 0.25) is 0 Å². The third-order valence-electron chi connectivity index (χ3n) is 3.80. The summed E-state index contributed by atoms with van der Waals surface area (Å²) in [5.74, 6) is 0.649. The zero-order valence-electron chi connectivity index (χ0n) is 11.6. The SMILES string of the molecule is CCNC(c1cccc2ccccc12)C(C)CC. The molecule has 2 rings (SSSR count). The molecule has 1 N–H and O–H groups in total. The largest absolute Gasteiger partial charge is 0.310 e. The maximum atomic E-state index is 3.64. The lowest BCUT2D eigenvalue weighted by molar-refractivity contribution is 0.386. The maximum absolute atomic E-state index is 3.64. The average molecular weight is 241 g/mol. The summed E-state index contributed by atoms with van der Waals surface area (Å²) in [7, 11) is 0. The van der Waals surface area contributed by atoms with Crippen LogP contribution in [0.5, 0.6) is 0 Å². The molecule has 2 unspecified atom stereocenters. The van der Waals surface area contributed by atoms with E-state index in [1.165, 1.54) is 22.8 Å². The quantitative estimate of drug-likeness (QED) is 0.810. The molecule has 0 fully saturated rings. The Hall–Kier alpha value is -1.34. The topological polar surface area (TPSA) is 12.0 Å². The van der Waals surface area contributed by atoms with Gasteiger partial charge in [0.15, 0.2) is 0 Å². The van der Waals surface area contributed by atoms with Gasteiger partial charge < -0.3 is 5.32 Å². The van der Waals surface area contributed by atoms with E-state index in [1.54, 1.807) is 0 Å². The van der Waals surface area contributed by atoms with Gasteiger partial charge in [-0.05, 0) is 28.8 Å². The molecule has 1 nitrogen and oxygen atoms in total. The van der Waals surface area contributed by atoms with Crippen LogP contribution in [0.25, 0.3) is 10.8 Å². The number of benzene rings is 2. The van der Waals surface area contributed by atoms with Crippen molar-refractivity contribution in [2.75, 3.05) is 6.54 Å². The second-order valence-electron chi connectivity index (χ2n) is 4.99. The van der Waals surface area contributed by atoms with Crippen LogP contribution >= 0.6 is 0 Å². The minimum absolute atomic E-state index is 0.450. The number of fused-ring (bicyclic) bond motifs is 1. The van der Waals surface area contributed by atoms with E-state index in [0.29, 0.717) is 12.0 Å². The molecule has 18 heavy (non-hydrogen) atoms. The number of hydrogen-bond acceptors (Lipinski definition) is 1. The minimum atomic E-state index is 0.450. The predicted molar refractivity (Wildman–Crippen MR) is 79.8 cm³/mol. The van der Waals surface area contributed by atoms with Gasteiger partial charge in [-0.15, -0.1) is 0 Å². The molecule has 2 atom stereocenters. The highest BCUT2D eigenvalue weighted by atomic mass is 14.9. The number of rotatable bonds is 5. The first-order valence-corrected chi connectivity index (χ1v) is 6.99. The Kier molecular flexibility index (Phi) is 4.38. The van der Waals surface area contributed by atoms with E-state index in [1.807, 2.05) is 0 Å². The maximum Gasteiger partial charge on any atom is 0.0351 e. The van der Waals surface area contributed by atoms with Gasteiger partial charge in [0, 0.05) is 6.04 Å². The van der Waals surface area contributed by atoms with E-state index in [4.69, 9.17) is 0 Å². The molecular formula is C17H23N. The predicted octanol–water partition coefficient (Wildman–Crippen LogP) is 4.54. The van der Waals surface area contributed by atoms with E-state index in [9.17, 15) is 0 Å². The lowest BCUT2D eigenvalue weighted by Gasteiger charge is -2.25. The summed E-state index contributed by atoms with van der Waals surface area (Å²) >= 11 is 0. The van der Waals surface area contributed by atoms with Crippen molar-refractivity contribution in [3.05, 3.63) is 48.0 Å². The molecule has 0 radical (unpaired) electrons. The van der Waals surface area contributed by atoms with E-state index < -0.39 is 0 Å². The Bertz CT molecular complexity index is 498. The molecule has 0 spiro atoms. The molecule has 1 heteroatoms. The van der Waals surface area contributed by atoms with Gasteiger partial charge in [0.05, 0.1) is 0 Å². The fraction of sp³-hybridized carbons (Fsp3) is 0.412. The third kappa shape index (κ3) is 2.56. The summed E-state index contributed by atoms with van der Waals surface area (Å²) in [6.07, 6.45) is 1.20. The van der Waals surface area contributed by atoms with Crippen LogP contribution < -0.4 is 5.32 Å². The van der Waals surface area contributed by atoms with Crippen LogP contribution in [0.2, 0.25) is 0 Å². The van der Waals surface area contributed by atoms with E-state index in [0.717, 1.165) is 6.54 Å². The van der Waals surface area contributed by atoms with Crippen molar-refractivity contribution in [2.45, 2.75) is 33.2 Å².